The zero-order valence-corrected chi connectivity index (χ0v) is 14.3. The highest BCUT2D eigenvalue weighted by atomic mass is 32.2. The van der Waals surface area contributed by atoms with E-state index < -0.39 is 0 Å². The van der Waals surface area contributed by atoms with Crippen LogP contribution in [0.3, 0.4) is 0 Å². The van der Waals surface area contributed by atoms with Crippen molar-refractivity contribution in [1.82, 2.24) is 10.2 Å². The first-order valence-electron chi connectivity index (χ1n) is 6.82. The summed E-state index contributed by atoms with van der Waals surface area (Å²) in [7, 11) is 1.58. The van der Waals surface area contributed by atoms with E-state index in [1.54, 1.807) is 13.2 Å². The van der Waals surface area contributed by atoms with Crippen LogP contribution in [0.5, 0.6) is 5.75 Å². The van der Waals surface area contributed by atoms with Gasteiger partial charge in [0.25, 0.3) is 0 Å². The quantitative estimate of drug-likeness (QED) is 0.756. The maximum Gasteiger partial charge on any atom is 0.237 e. The fourth-order valence-electron chi connectivity index (χ4n) is 1.67. The Kier molecular flexibility index (Phi) is 6.02. The number of carbonyl (C=O) groups excluding carboxylic acids is 1. The first-order chi connectivity index (χ1) is 10.6. The third kappa shape index (κ3) is 4.35. The van der Waals surface area contributed by atoms with Crippen LogP contribution in [0.2, 0.25) is 0 Å². The molecule has 1 atom stereocenters. The molecule has 0 radical (unpaired) electrons. The van der Waals surface area contributed by atoms with E-state index in [1.165, 1.54) is 23.1 Å². The third-order valence-corrected chi connectivity index (χ3v) is 4.81. The molecule has 1 aromatic heterocycles. The largest absolute Gasteiger partial charge is 0.495 e. The van der Waals surface area contributed by atoms with Crippen LogP contribution in [0.25, 0.3) is 0 Å². The van der Waals surface area contributed by atoms with Gasteiger partial charge in [-0.15, -0.1) is 10.2 Å². The highest BCUT2D eigenvalue weighted by Crippen LogP contribution is 2.30. The van der Waals surface area contributed by atoms with Gasteiger partial charge in [0.15, 0.2) is 4.34 Å². The average molecular weight is 338 g/mol. The van der Waals surface area contributed by atoms with Crippen LogP contribution >= 0.6 is 23.1 Å². The second-order valence-electron chi connectivity index (χ2n) is 4.35. The Labute approximate surface area is 137 Å². The molecule has 2 rings (SSSR count). The second-order valence-corrected chi connectivity index (χ2v) is 6.92. The van der Waals surface area contributed by atoms with Crippen molar-refractivity contribution < 1.29 is 9.53 Å². The van der Waals surface area contributed by atoms with Crippen molar-refractivity contribution in [3.8, 4) is 5.75 Å². The molecule has 0 aliphatic carbocycles. The maximum absolute atomic E-state index is 12.3. The molecule has 0 spiro atoms. The zero-order chi connectivity index (χ0) is 15.9. The second kappa shape index (κ2) is 8.00. The van der Waals surface area contributed by atoms with Gasteiger partial charge in [-0.1, -0.05) is 35.2 Å². The summed E-state index contributed by atoms with van der Waals surface area (Å²) >= 11 is 2.83. The summed E-state index contributed by atoms with van der Waals surface area (Å²) in [5.41, 5.74) is 0.660. The Morgan fingerprint density at radius 2 is 2.18 bits per heavy atom. The molecule has 118 valence electrons. The summed E-state index contributed by atoms with van der Waals surface area (Å²) in [6.07, 6.45) is 0. The molecule has 22 heavy (non-hydrogen) atoms. The molecular weight excluding hydrogens is 320 g/mol. The minimum Gasteiger partial charge on any atom is -0.495 e. The fourth-order valence-corrected chi connectivity index (χ4v) is 3.63. The number of thioether (sulfide) groups is 1. The standard InChI is InChI=1S/C14H18N4O2S2/c1-4-15-13-17-18-14(22-13)21-9(2)12(19)16-10-7-5-6-8-11(10)20-3/h5-9H,4H2,1-3H3,(H,15,17)(H,16,19)/t9-/m1/s1. The van der Waals surface area contributed by atoms with Crippen LogP contribution in [0.4, 0.5) is 10.8 Å². The lowest BCUT2D eigenvalue weighted by Crippen LogP contribution is -2.22. The summed E-state index contributed by atoms with van der Waals surface area (Å²) in [5, 5.41) is 14.5. The summed E-state index contributed by atoms with van der Waals surface area (Å²) in [4.78, 5) is 12.3. The SMILES string of the molecule is CCNc1nnc(S[C@H](C)C(=O)Nc2ccccc2OC)s1. The van der Waals surface area contributed by atoms with Crippen LogP contribution in [0, 0.1) is 0 Å². The maximum atomic E-state index is 12.3. The fraction of sp³-hybridized carbons (Fsp3) is 0.357. The number of amides is 1. The van der Waals surface area contributed by atoms with Crippen molar-refractivity contribution in [2.24, 2.45) is 0 Å². The van der Waals surface area contributed by atoms with Gasteiger partial charge in [-0.2, -0.15) is 0 Å². The lowest BCUT2D eigenvalue weighted by molar-refractivity contribution is -0.115. The summed E-state index contributed by atoms with van der Waals surface area (Å²) in [5.74, 6) is 0.535. The van der Waals surface area contributed by atoms with Gasteiger partial charge in [-0.3, -0.25) is 4.79 Å². The van der Waals surface area contributed by atoms with Crippen molar-refractivity contribution >= 4 is 39.8 Å². The van der Waals surface area contributed by atoms with Gasteiger partial charge >= 0.3 is 0 Å². The van der Waals surface area contributed by atoms with Crippen molar-refractivity contribution in [2.75, 3.05) is 24.3 Å². The van der Waals surface area contributed by atoms with E-state index in [4.69, 9.17) is 4.74 Å². The Bertz CT molecular complexity index is 633. The number of hydrogen-bond donors (Lipinski definition) is 2. The minimum absolute atomic E-state index is 0.102. The molecular formula is C14H18N4O2S2. The summed E-state index contributed by atoms with van der Waals surface area (Å²) in [6, 6.07) is 7.32. The number of anilines is 2. The molecule has 6 nitrogen and oxygen atoms in total. The van der Waals surface area contributed by atoms with Gasteiger partial charge in [0.05, 0.1) is 18.0 Å². The average Bonchev–Trinajstić information content (AvgIpc) is 2.95. The number of methoxy groups -OCH3 is 1. The number of benzene rings is 1. The van der Waals surface area contributed by atoms with Crippen molar-refractivity contribution in [3.05, 3.63) is 24.3 Å². The predicted molar refractivity (Wildman–Crippen MR) is 91.0 cm³/mol. The normalized spacial score (nSPS) is 11.8. The molecule has 0 saturated carbocycles. The molecule has 8 heteroatoms. The monoisotopic (exact) mass is 338 g/mol. The van der Waals surface area contributed by atoms with E-state index in [1.807, 2.05) is 32.0 Å². The molecule has 2 aromatic rings. The molecule has 0 fully saturated rings. The van der Waals surface area contributed by atoms with Gasteiger partial charge in [-0.25, -0.2) is 0 Å². The zero-order valence-electron chi connectivity index (χ0n) is 12.6. The van der Waals surface area contributed by atoms with Gasteiger partial charge in [0, 0.05) is 6.54 Å². The Hall–Kier alpha value is -1.80. The number of nitrogens with zero attached hydrogens (tertiary/aromatic N) is 2. The Balaban J connectivity index is 1.96. The van der Waals surface area contributed by atoms with E-state index in [9.17, 15) is 4.79 Å². The molecule has 0 unspecified atom stereocenters. The van der Waals surface area contributed by atoms with Crippen LogP contribution in [0.15, 0.2) is 28.6 Å². The molecule has 0 aliphatic rings. The van der Waals surface area contributed by atoms with E-state index >= 15 is 0 Å². The number of carbonyl (C=O) groups is 1. The highest BCUT2D eigenvalue weighted by Gasteiger charge is 2.18. The number of ether oxygens (including phenoxy) is 1. The van der Waals surface area contributed by atoms with Crippen LogP contribution in [-0.4, -0.2) is 35.0 Å². The van der Waals surface area contributed by atoms with Gasteiger partial charge in [-0.05, 0) is 26.0 Å². The van der Waals surface area contributed by atoms with E-state index in [2.05, 4.69) is 20.8 Å². The first kappa shape index (κ1) is 16.6. The number of para-hydroxylation sites is 2. The lowest BCUT2D eigenvalue weighted by Gasteiger charge is -2.12. The number of aromatic nitrogens is 2. The van der Waals surface area contributed by atoms with E-state index in [0.717, 1.165) is 16.0 Å². The topological polar surface area (TPSA) is 76.1 Å². The van der Waals surface area contributed by atoms with Crippen LogP contribution in [-0.2, 0) is 4.79 Å². The molecule has 0 aliphatic heterocycles. The summed E-state index contributed by atoms with van der Waals surface area (Å²) < 4.78 is 5.99. The number of rotatable bonds is 7. The molecule has 2 N–H and O–H groups in total. The summed E-state index contributed by atoms with van der Waals surface area (Å²) in [6.45, 7) is 4.63. The molecule has 1 amide bonds. The van der Waals surface area contributed by atoms with Gasteiger partial charge in [0.1, 0.15) is 5.75 Å². The predicted octanol–water partition coefficient (Wildman–Crippen LogP) is 3.10. The minimum atomic E-state index is -0.285. The smallest absolute Gasteiger partial charge is 0.237 e. The van der Waals surface area contributed by atoms with Crippen LogP contribution < -0.4 is 15.4 Å². The van der Waals surface area contributed by atoms with Gasteiger partial charge < -0.3 is 15.4 Å². The number of nitrogens with one attached hydrogen (secondary N) is 2. The molecule has 1 aromatic carbocycles. The lowest BCUT2D eigenvalue weighted by atomic mass is 10.3. The Morgan fingerprint density at radius 3 is 2.91 bits per heavy atom. The third-order valence-electron chi connectivity index (χ3n) is 2.75. The van der Waals surface area contributed by atoms with E-state index in [-0.39, 0.29) is 11.2 Å². The van der Waals surface area contributed by atoms with Gasteiger partial charge in [0.2, 0.25) is 11.0 Å². The van der Waals surface area contributed by atoms with Crippen molar-refractivity contribution in [2.45, 2.75) is 23.4 Å². The van der Waals surface area contributed by atoms with E-state index in [0.29, 0.717) is 11.4 Å². The molecule has 0 bridgehead atoms. The first-order valence-corrected chi connectivity index (χ1v) is 8.51. The van der Waals surface area contributed by atoms with Crippen molar-refractivity contribution in [3.63, 3.8) is 0 Å². The van der Waals surface area contributed by atoms with Crippen molar-refractivity contribution in [1.29, 1.82) is 0 Å². The van der Waals surface area contributed by atoms with Crippen LogP contribution in [0.1, 0.15) is 13.8 Å². The highest BCUT2D eigenvalue weighted by molar-refractivity contribution is 8.02. The molecule has 0 saturated heterocycles. The number of hydrogen-bond acceptors (Lipinski definition) is 7. The Morgan fingerprint density at radius 1 is 1.41 bits per heavy atom. The molecule has 1 heterocycles.